The van der Waals surface area contributed by atoms with Gasteiger partial charge >= 0.3 is 0 Å². The van der Waals surface area contributed by atoms with Crippen molar-refractivity contribution in [3.63, 3.8) is 0 Å². The van der Waals surface area contributed by atoms with E-state index in [1.54, 1.807) is 26.2 Å². The molecule has 0 atom stereocenters. The van der Waals surface area contributed by atoms with Crippen molar-refractivity contribution in [2.45, 2.75) is 26.0 Å². The van der Waals surface area contributed by atoms with Gasteiger partial charge in [-0.2, -0.15) is 0 Å². The van der Waals surface area contributed by atoms with Gasteiger partial charge in [0.15, 0.2) is 0 Å². The molecule has 74 valence electrons. The van der Waals surface area contributed by atoms with E-state index in [0.717, 1.165) is 11.1 Å². The minimum Gasteiger partial charge on any atom is -0.378 e. The molecule has 0 aliphatic heterocycles. The lowest BCUT2D eigenvalue weighted by Crippen LogP contribution is -2.14. The number of hydrogen-bond donors (Lipinski definition) is 2. The first-order valence-corrected chi connectivity index (χ1v) is 4.41. The Balaban J connectivity index is 2.90. The molecule has 0 amide bonds. The summed E-state index contributed by atoms with van der Waals surface area (Å²) in [5.74, 6) is 5.56. The van der Waals surface area contributed by atoms with E-state index >= 15 is 0 Å². The second-order valence-electron chi connectivity index (χ2n) is 3.60. The Bertz CT molecular complexity index is 369. The lowest BCUT2D eigenvalue weighted by Gasteiger charge is -2.05. The second-order valence-corrected chi connectivity index (χ2v) is 3.60. The van der Waals surface area contributed by atoms with Gasteiger partial charge in [0.05, 0.1) is 0 Å². The van der Waals surface area contributed by atoms with Crippen molar-refractivity contribution >= 4 is 0 Å². The first kappa shape index (κ1) is 10.7. The summed E-state index contributed by atoms with van der Waals surface area (Å²) in [5.41, 5.74) is 6.20. The number of nitrogens with zero attached hydrogens (tertiary/aromatic N) is 1. The number of hydrogen-bond acceptors (Lipinski definition) is 3. The Morgan fingerprint density at radius 2 is 2.21 bits per heavy atom. The van der Waals surface area contributed by atoms with Crippen LogP contribution < -0.4 is 5.73 Å². The summed E-state index contributed by atoms with van der Waals surface area (Å²) in [6, 6.07) is 1.87. The zero-order valence-corrected chi connectivity index (χ0v) is 8.41. The zero-order valence-electron chi connectivity index (χ0n) is 8.41. The molecule has 1 heterocycles. The summed E-state index contributed by atoms with van der Waals surface area (Å²) in [6.45, 7) is 3.73. The van der Waals surface area contributed by atoms with E-state index in [0.29, 0.717) is 6.54 Å². The van der Waals surface area contributed by atoms with Crippen LogP contribution in [0.3, 0.4) is 0 Å². The van der Waals surface area contributed by atoms with Gasteiger partial charge in [0.25, 0.3) is 0 Å². The Kier molecular flexibility index (Phi) is 3.23. The molecular formula is C11H14N2O. The van der Waals surface area contributed by atoms with Gasteiger partial charge in [0.2, 0.25) is 0 Å². The smallest absolute Gasteiger partial charge is 0.120 e. The van der Waals surface area contributed by atoms with Crippen LogP contribution in [-0.2, 0) is 6.54 Å². The van der Waals surface area contributed by atoms with E-state index in [1.165, 1.54) is 0 Å². The molecule has 0 bridgehead atoms. The second kappa shape index (κ2) is 4.23. The highest BCUT2D eigenvalue weighted by Gasteiger charge is 2.05. The summed E-state index contributed by atoms with van der Waals surface area (Å²) in [5, 5.41) is 9.39. The molecule has 0 aliphatic carbocycles. The number of aromatic nitrogens is 1. The molecule has 14 heavy (non-hydrogen) atoms. The van der Waals surface area contributed by atoms with Crippen LogP contribution >= 0.6 is 0 Å². The van der Waals surface area contributed by atoms with Gasteiger partial charge < -0.3 is 10.8 Å². The Labute approximate surface area is 84.0 Å². The van der Waals surface area contributed by atoms with Crippen molar-refractivity contribution in [2.75, 3.05) is 0 Å². The molecule has 3 nitrogen and oxygen atoms in total. The van der Waals surface area contributed by atoms with Crippen LogP contribution in [-0.4, -0.2) is 15.7 Å². The number of nitrogens with two attached hydrogens (primary N) is 1. The van der Waals surface area contributed by atoms with Crippen LogP contribution in [0.5, 0.6) is 0 Å². The highest BCUT2D eigenvalue weighted by Crippen LogP contribution is 2.02. The van der Waals surface area contributed by atoms with Gasteiger partial charge in [0, 0.05) is 24.5 Å². The summed E-state index contributed by atoms with van der Waals surface area (Å²) < 4.78 is 0. The SMILES string of the molecule is CC(C)(O)C#Cc1cncc(CN)c1. The fraction of sp³-hybridized carbons (Fsp3) is 0.364. The minimum absolute atomic E-state index is 0.449. The number of aliphatic hydroxyl groups is 1. The first-order valence-electron chi connectivity index (χ1n) is 4.41. The number of rotatable bonds is 1. The van der Waals surface area contributed by atoms with Crippen LogP contribution in [0.2, 0.25) is 0 Å². The highest BCUT2D eigenvalue weighted by molar-refractivity contribution is 5.35. The molecule has 0 spiro atoms. The van der Waals surface area contributed by atoms with Crippen LogP contribution in [0, 0.1) is 11.8 Å². The topological polar surface area (TPSA) is 59.1 Å². The van der Waals surface area contributed by atoms with Crippen LogP contribution in [0.25, 0.3) is 0 Å². The van der Waals surface area contributed by atoms with Crippen molar-refractivity contribution in [3.8, 4) is 11.8 Å². The number of pyridine rings is 1. The molecule has 1 rings (SSSR count). The molecule has 0 saturated heterocycles. The summed E-state index contributed by atoms with van der Waals surface area (Å²) >= 11 is 0. The predicted octanol–water partition coefficient (Wildman–Crippen LogP) is 0.663. The van der Waals surface area contributed by atoms with Crippen molar-refractivity contribution in [1.82, 2.24) is 4.98 Å². The lowest BCUT2D eigenvalue weighted by atomic mass is 10.1. The van der Waals surface area contributed by atoms with E-state index in [9.17, 15) is 5.11 Å². The first-order chi connectivity index (χ1) is 6.51. The van der Waals surface area contributed by atoms with E-state index in [2.05, 4.69) is 16.8 Å². The van der Waals surface area contributed by atoms with Crippen molar-refractivity contribution in [1.29, 1.82) is 0 Å². The van der Waals surface area contributed by atoms with Crippen LogP contribution in [0.1, 0.15) is 25.0 Å². The van der Waals surface area contributed by atoms with Crippen LogP contribution in [0.4, 0.5) is 0 Å². The normalized spacial score (nSPS) is 10.6. The molecule has 3 N–H and O–H groups in total. The minimum atomic E-state index is -0.973. The average Bonchev–Trinajstić information content (AvgIpc) is 2.14. The summed E-state index contributed by atoms with van der Waals surface area (Å²) in [4.78, 5) is 3.99. The summed E-state index contributed by atoms with van der Waals surface area (Å²) in [7, 11) is 0. The van der Waals surface area contributed by atoms with E-state index < -0.39 is 5.60 Å². The Hall–Kier alpha value is -1.37. The molecule has 0 aromatic carbocycles. The van der Waals surface area contributed by atoms with E-state index in [1.807, 2.05) is 6.07 Å². The fourth-order valence-corrected chi connectivity index (χ4v) is 0.893. The van der Waals surface area contributed by atoms with Gasteiger partial charge in [-0.1, -0.05) is 11.8 Å². The fourth-order valence-electron chi connectivity index (χ4n) is 0.893. The molecule has 3 heteroatoms. The lowest BCUT2D eigenvalue weighted by molar-refractivity contribution is 0.143. The third kappa shape index (κ3) is 3.56. The molecule has 0 fully saturated rings. The van der Waals surface area contributed by atoms with E-state index in [4.69, 9.17) is 5.73 Å². The van der Waals surface area contributed by atoms with Gasteiger partial charge in [0.1, 0.15) is 5.60 Å². The Morgan fingerprint density at radius 3 is 2.79 bits per heavy atom. The van der Waals surface area contributed by atoms with Crippen LogP contribution in [0.15, 0.2) is 18.5 Å². The zero-order chi connectivity index (χ0) is 10.6. The largest absolute Gasteiger partial charge is 0.378 e. The molecule has 1 aromatic rings. The van der Waals surface area contributed by atoms with Gasteiger partial charge in [-0.05, 0) is 25.5 Å². The third-order valence-corrected chi connectivity index (χ3v) is 1.54. The van der Waals surface area contributed by atoms with Gasteiger partial charge in [-0.3, -0.25) is 4.98 Å². The quantitative estimate of drug-likeness (QED) is 0.640. The molecule has 0 saturated carbocycles. The monoisotopic (exact) mass is 190 g/mol. The Morgan fingerprint density at radius 1 is 1.50 bits per heavy atom. The van der Waals surface area contributed by atoms with Gasteiger partial charge in [-0.25, -0.2) is 0 Å². The molecular weight excluding hydrogens is 176 g/mol. The maximum atomic E-state index is 9.39. The van der Waals surface area contributed by atoms with E-state index in [-0.39, 0.29) is 0 Å². The summed E-state index contributed by atoms with van der Waals surface area (Å²) in [6.07, 6.45) is 3.35. The van der Waals surface area contributed by atoms with Crippen molar-refractivity contribution in [3.05, 3.63) is 29.6 Å². The predicted molar refractivity (Wildman–Crippen MR) is 55.3 cm³/mol. The van der Waals surface area contributed by atoms with Crippen molar-refractivity contribution in [2.24, 2.45) is 5.73 Å². The van der Waals surface area contributed by atoms with Crippen molar-refractivity contribution < 1.29 is 5.11 Å². The molecule has 0 aliphatic rings. The standard InChI is InChI=1S/C11H14N2O/c1-11(2,14)4-3-9-5-10(6-12)8-13-7-9/h5,7-8,14H,6,12H2,1-2H3. The molecule has 1 aromatic heterocycles. The van der Waals surface area contributed by atoms with Gasteiger partial charge in [-0.15, -0.1) is 0 Å². The molecule has 0 radical (unpaired) electrons. The highest BCUT2D eigenvalue weighted by atomic mass is 16.3. The third-order valence-electron chi connectivity index (χ3n) is 1.54. The molecule has 0 unspecified atom stereocenters. The average molecular weight is 190 g/mol. The maximum absolute atomic E-state index is 9.39. The maximum Gasteiger partial charge on any atom is 0.120 e.